The third-order valence-corrected chi connectivity index (χ3v) is 4.97. The van der Waals surface area contributed by atoms with E-state index in [1.807, 2.05) is 26.0 Å². The van der Waals surface area contributed by atoms with Crippen LogP contribution in [0.4, 0.5) is 11.5 Å². The Labute approximate surface area is 167 Å². The van der Waals surface area contributed by atoms with E-state index in [1.165, 1.54) is 0 Å². The molecule has 1 heterocycles. The Hall–Kier alpha value is -2.81. The van der Waals surface area contributed by atoms with Crippen LogP contribution in [0, 0.1) is 20.8 Å². The lowest BCUT2D eigenvalue weighted by Crippen LogP contribution is -2.25. The second kappa shape index (κ2) is 9.93. The fraction of sp³-hybridized carbons (Fsp3) is 0.368. The second-order valence-electron chi connectivity index (χ2n) is 6.27. The van der Waals surface area contributed by atoms with E-state index in [9.17, 15) is 14.4 Å². The maximum atomic E-state index is 12.0. The average molecular weight is 405 g/mol. The van der Waals surface area contributed by atoms with E-state index in [2.05, 4.69) is 15.8 Å². The predicted molar refractivity (Wildman–Crippen MR) is 107 cm³/mol. The third kappa shape index (κ3) is 6.73. The van der Waals surface area contributed by atoms with Crippen molar-refractivity contribution in [2.75, 3.05) is 23.0 Å². The zero-order valence-corrected chi connectivity index (χ0v) is 17.0. The van der Waals surface area contributed by atoms with Gasteiger partial charge >= 0.3 is 5.97 Å². The summed E-state index contributed by atoms with van der Waals surface area (Å²) in [4.78, 5) is 35.7. The molecule has 1 aromatic carbocycles. The molecule has 8 nitrogen and oxygen atoms in total. The van der Waals surface area contributed by atoms with Crippen molar-refractivity contribution in [3.63, 3.8) is 0 Å². The van der Waals surface area contributed by atoms with Gasteiger partial charge in [-0.25, -0.2) is 0 Å². The Morgan fingerprint density at radius 1 is 1.14 bits per heavy atom. The molecule has 2 N–H and O–H groups in total. The van der Waals surface area contributed by atoms with Crippen molar-refractivity contribution in [2.24, 2.45) is 0 Å². The molecule has 0 bridgehead atoms. The number of nitrogens with one attached hydrogen (secondary N) is 2. The van der Waals surface area contributed by atoms with Crippen LogP contribution in [0.5, 0.6) is 0 Å². The summed E-state index contributed by atoms with van der Waals surface area (Å²) in [7, 11) is 0. The predicted octanol–water partition coefficient (Wildman–Crippen LogP) is 2.84. The largest absolute Gasteiger partial charge is 0.455 e. The number of esters is 1. The summed E-state index contributed by atoms with van der Waals surface area (Å²) < 4.78 is 9.82. The molecule has 0 radical (unpaired) electrons. The van der Waals surface area contributed by atoms with Crippen LogP contribution < -0.4 is 10.6 Å². The van der Waals surface area contributed by atoms with Gasteiger partial charge in [0.05, 0.1) is 11.0 Å². The van der Waals surface area contributed by atoms with Crippen LogP contribution in [0.15, 0.2) is 28.8 Å². The monoisotopic (exact) mass is 405 g/mol. The number of hydrogen-bond acceptors (Lipinski definition) is 7. The first-order valence-corrected chi connectivity index (χ1v) is 9.68. The number of aryl methyl sites for hydroxylation is 3. The van der Waals surface area contributed by atoms with E-state index >= 15 is 0 Å². The molecule has 0 fully saturated rings. The topological polar surface area (TPSA) is 111 Å². The van der Waals surface area contributed by atoms with E-state index in [4.69, 9.17) is 9.26 Å². The van der Waals surface area contributed by atoms with Gasteiger partial charge in [0.15, 0.2) is 12.4 Å². The molecule has 0 saturated heterocycles. The van der Waals surface area contributed by atoms with Gasteiger partial charge in [-0.1, -0.05) is 11.2 Å². The SMILES string of the molecule is Cc1cc(NC(=O)[C@@H](C)SCC(=O)OCC(=O)Nc2ccc(C)c(C)c2)no1. The number of hydrogen-bond donors (Lipinski definition) is 2. The van der Waals surface area contributed by atoms with Crippen molar-refractivity contribution in [1.29, 1.82) is 0 Å². The molecule has 0 saturated carbocycles. The number of benzene rings is 1. The molecule has 1 aromatic heterocycles. The van der Waals surface area contributed by atoms with Crippen molar-refractivity contribution < 1.29 is 23.6 Å². The molecule has 0 spiro atoms. The Bertz CT molecular complexity index is 865. The molecule has 2 rings (SSSR count). The van der Waals surface area contributed by atoms with Gasteiger partial charge in [-0.3, -0.25) is 14.4 Å². The summed E-state index contributed by atoms with van der Waals surface area (Å²) in [6.45, 7) is 6.92. The summed E-state index contributed by atoms with van der Waals surface area (Å²) in [6, 6.07) is 7.13. The van der Waals surface area contributed by atoms with Crippen LogP contribution in [0.2, 0.25) is 0 Å². The zero-order valence-electron chi connectivity index (χ0n) is 16.2. The quantitative estimate of drug-likeness (QED) is 0.650. The lowest BCUT2D eigenvalue weighted by atomic mass is 10.1. The van der Waals surface area contributed by atoms with E-state index in [1.54, 1.807) is 26.0 Å². The molecule has 2 aromatic rings. The number of nitrogens with zero attached hydrogens (tertiary/aromatic N) is 1. The summed E-state index contributed by atoms with van der Waals surface area (Å²) >= 11 is 1.10. The van der Waals surface area contributed by atoms with Crippen LogP contribution in [0.25, 0.3) is 0 Å². The Kier molecular flexibility index (Phi) is 7.62. The normalized spacial score (nSPS) is 11.6. The number of aromatic nitrogens is 1. The van der Waals surface area contributed by atoms with Gasteiger partial charge in [-0.15, -0.1) is 11.8 Å². The summed E-state index contributed by atoms with van der Waals surface area (Å²) in [5, 5.41) is 8.44. The number of rotatable bonds is 8. The lowest BCUT2D eigenvalue weighted by Gasteiger charge is -2.11. The van der Waals surface area contributed by atoms with E-state index in [-0.39, 0.29) is 18.3 Å². The molecule has 28 heavy (non-hydrogen) atoms. The van der Waals surface area contributed by atoms with E-state index in [0.717, 1.165) is 22.9 Å². The Morgan fingerprint density at radius 3 is 2.54 bits per heavy atom. The standard InChI is InChI=1S/C19H23N3O5S/c1-11-5-6-15(7-12(11)2)20-17(23)9-26-18(24)10-28-14(4)19(25)21-16-8-13(3)27-22-16/h5-8,14H,9-10H2,1-4H3,(H,20,23)(H,21,22,25)/t14-/m1/s1. The number of ether oxygens (including phenoxy) is 1. The molecule has 0 unspecified atom stereocenters. The number of carbonyl (C=O) groups excluding carboxylic acids is 3. The van der Waals surface area contributed by atoms with Crippen molar-refractivity contribution in [3.05, 3.63) is 41.2 Å². The van der Waals surface area contributed by atoms with E-state index in [0.29, 0.717) is 17.3 Å². The van der Waals surface area contributed by atoms with Crippen molar-refractivity contribution in [2.45, 2.75) is 32.9 Å². The number of thioether (sulfide) groups is 1. The highest BCUT2D eigenvalue weighted by Gasteiger charge is 2.18. The van der Waals surface area contributed by atoms with Gasteiger partial charge in [-0.2, -0.15) is 0 Å². The summed E-state index contributed by atoms with van der Waals surface area (Å²) in [6.07, 6.45) is 0. The fourth-order valence-corrected chi connectivity index (χ4v) is 2.81. The van der Waals surface area contributed by atoms with Gasteiger partial charge in [0.2, 0.25) is 5.91 Å². The van der Waals surface area contributed by atoms with Gasteiger partial charge in [0.25, 0.3) is 5.91 Å². The molecular weight excluding hydrogens is 382 g/mol. The van der Waals surface area contributed by atoms with Crippen molar-refractivity contribution in [3.8, 4) is 0 Å². The third-order valence-electron chi connectivity index (χ3n) is 3.85. The average Bonchev–Trinajstić information content (AvgIpc) is 3.05. The Morgan fingerprint density at radius 2 is 1.89 bits per heavy atom. The van der Waals surface area contributed by atoms with Crippen LogP contribution in [-0.2, 0) is 19.1 Å². The minimum atomic E-state index is -0.572. The van der Waals surface area contributed by atoms with Crippen LogP contribution >= 0.6 is 11.8 Å². The Balaban J connectivity index is 1.69. The second-order valence-corrected chi connectivity index (χ2v) is 7.60. The summed E-state index contributed by atoms with van der Waals surface area (Å²) in [5.74, 6) is -0.452. The van der Waals surface area contributed by atoms with Crippen LogP contribution in [0.3, 0.4) is 0 Å². The molecule has 150 valence electrons. The summed E-state index contributed by atoms with van der Waals surface area (Å²) in [5.41, 5.74) is 2.82. The highest BCUT2D eigenvalue weighted by atomic mass is 32.2. The van der Waals surface area contributed by atoms with Gasteiger partial charge in [-0.05, 0) is 51.0 Å². The highest BCUT2D eigenvalue weighted by molar-refractivity contribution is 8.01. The maximum absolute atomic E-state index is 12.0. The number of anilines is 2. The maximum Gasteiger partial charge on any atom is 0.316 e. The zero-order chi connectivity index (χ0) is 20.7. The van der Waals surface area contributed by atoms with Crippen LogP contribution in [0.1, 0.15) is 23.8 Å². The minimum Gasteiger partial charge on any atom is -0.455 e. The van der Waals surface area contributed by atoms with E-state index < -0.39 is 17.1 Å². The molecule has 2 amide bonds. The van der Waals surface area contributed by atoms with Gasteiger partial charge in [0.1, 0.15) is 5.76 Å². The number of carbonyl (C=O) groups is 3. The van der Waals surface area contributed by atoms with Crippen molar-refractivity contribution >= 4 is 41.1 Å². The smallest absolute Gasteiger partial charge is 0.316 e. The first kappa shape index (κ1) is 21.5. The first-order chi connectivity index (χ1) is 13.2. The highest BCUT2D eigenvalue weighted by Crippen LogP contribution is 2.15. The first-order valence-electron chi connectivity index (χ1n) is 8.63. The molecular formula is C19H23N3O5S. The molecule has 0 aliphatic rings. The van der Waals surface area contributed by atoms with Crippen LogP contribution in [-0.4, -0.2) is 40.6 Å². The lowest BCUT2D eigenvalue weighted by molar-refractivity contribution is -0.144. The molecule has 0 aliphatic carbocycles. The van der Waals surface area contributed by atoms with Gasteiger partial charge in [0, 0.05) is 11.8 Å². The molecule has 1 atom stereocenters. The van der Waals surface area contributed by atoms with Gasteiger partial charge < -0.3 is 19.9 Å². The van der Waals surface area contributed by atoms with Crippen molar-refractivity contribution in [1.82, 2.24) is 5.16 Å². The number of amides is 2. The molecule has 0 aliphatic heterocycles. The fourth-order valence-electron chi connectivity index (χ4n) is 2.13. The molecule has 9 heteroatoms. The minimum absolute atomic E-state index is 0.0522.